The minimum absolute atomic E-state index is 0.316. The number of sulfonamides is 1. The summed E-state index contributed by atoms with van der Waals surface area (Å²) in [4.78, 5) is 0. The smallest absolute Gasteiger partial charge is 0.206 e. The van der Waals surface area contributed by atoms with Gasteiger partial charge in [0.25, 0.3) is 10.0 Å². The van der Waals surface area contributed by atoms with Crippen molar-refractivity contribution in [2.75, 3.05) is 13.1 Å². The molecule has 2 heterocycles. The molecule has 5 heteroatoms. The van der Waals surface area contributed by atoms with Crippen molar-refractivity contribution in [2.45, 2.75) is 16.5 Å². The van der Waals surface area contributed by atoms with Gasteiger partial charge in [-0.1, -0.05) is 36.4 Å². The highest BCUT2D eigenvalue weighted by molar-refractivity contribution is 7.91. The first-order valence-corrected chi connectivity index (χ1v) is 8.58. The summed E-state index contributed by atoms with van der Waals surface area (Å²) in [6.07, 6.45) is 0.897. The summed E-state index contributed by atoms with van der Waals surface area (Å²) in [5, 5.41) is 1.80. The Hall–Kier alpha value is -1.17. The van der Waals surface area contributed by atoms with E-state index in [0.717, 1.165) is 6.42 Å². The Morgan fingerprint density at radius 1 is 1.11 bits per heavy atom. The zero-order valence-electron chi connectivity index (χ0n) is 10.4. The van der Waals surface area contributed by atoms with Gasteiger partial charge in [-0.2, -0.15) is 4.31 Å². The number of hydrogen-bond acceptors (Lipinski definition) is 3. The Labute approximate surface area is 117 Å². The van der Waals surface area contributed by atoms with Crippen molar-refractivity contribution in [3.63, 3.8) is 0 Å². The minimum atomic E-state index is -3.28. The van der Waals surface area contributed by atoms with Gasteiger partial charge in [-0.3, -0.25) is 0 Å². The molecule has 0 amide bonds. The lowest BCUT2D eigenvalue weighted by Crippen LogP contribution is -2.28. The first-order chi connectivity index (χ1) is 9.18. The van der Waals surface area contributed by atoms with Crippen LogP contribution in [-0.2, 0) is 10.0 Å². The van der Waals surface area contributed by atoms with E-state index in [4.69, 9.17) is 0 Å². The third-order valence-electron chi connectivity index (χ3n) is 3.51. The van der Waals surface area contributed by atoms with Crippen LogP contribution in [0.2, 0.25) is 0 Å². The van der Waals surface area contributed by atoms with Crippen LogP contribution in [0.3, 0.4) is 0 Å². The van der Waals surface area contributed by atoms with Gasteiger partial charge in [-0.15, -0.1) is 11.3 Å². The van der Waals surface area contributed by atoms with E-state index in [2.05, 4.69) is 12.1 Å². The molecule has 0 radical (unpaired) electrons. The lowest BCUT2D eigenvalue weighted by atomic mass is 9.99. The van der Waals surface area contributed by atoms with Crippen LogP contribution < -0.4 is 0 Å². The molecular formula is C14H15NO2S2. The lowest BCUT2D eigenvalue weighted by molar-refractivity contribution is 0.474. The third kappa shape index (κ3) is 2.45. The van der Waals surface area contributed by atoms with E-state index in [1.807, 2.05) is 18.2 Å². The second kappa shape index (κ2) is 5.07. The monoisotopic (exact) mass is 293 g/mol. The molecule has 0 unspecified atom stereocenters. The first-order valence-electron chi connectivity index (χ1n) is 6.26. The normalized spacial score (nSPS) is 20.7. The summed E-state index contributed by atoms with van der Waals surface area (Å²) in [5.41, 5.74) is 1.23. The molecule has 19 heavy (non-hydrogen) atoms. The van der Waals surface area contributed by atoms with Crippen LogP contribution >= 0.6 is 11.3 Å². The van der Waals surface area contributed by atoms with Crippen molar-refractivity contribution in [1.29, 1.82) is 0 Å². The van der Waals surface area contributed by atoms with E-state index in [0.29, 0.717) is 23.2 Å². The fourth-order valence-electron chi connectivity index (χ4n) is 2.48. The molecule has 0 bridgehead atoms. The average Bonchev–Trinajstić information content (AvgIpc) is 3.12. The van der Waals surface area contributed by atoms with Gasteiger partial charge in [0, 0.05) is 13.1 Å². The summed E-state index contributed by atoms with van der Waals surface area (Å²) in [6.45, 7) is 1.20. The zero-order chi connectivity index (χ0) is 13.3. The fourth-order valence-corrected chi connectivity index (χ4v) is 5.13. The highest BCUT2D eigenvalue weighted by atomic mass is 32.2. The molecule has 100 valence electrons. The first kappa shape index (κ1) is 12.8. The van der Waals surface area contributed by atoms with E-state index >= 15 is 0 Å². The second-order valence-electron chi connectivity index (χ2n) is 4.69. The summed E-state index contributed by atoms with van der Waals surface area (Å²) in [5.74, 6) is 0.316. The molecule has 3 nitrogen and oxygen atoms in total. The molecule has 1 aliphatic rings. The van der Waals surface area contributed by atoms with Crippen LogP contribution in [0.5, 0.6) is 0 Å². The standard InChI is InChI=1S/C14H15NO2S2/c16-19(17,14-7-4-10-18-14)15-9-8-13(11-15)12-5-2-1-3-6-12/h1-7,10,13H,8-9,11H2/t13-/m1/s1. The van der Waals surface area contributed by atoms with Crippen molar-refractivity contribution in [2.24, 2.45) is 0 Å². The third-order valence-corrected chi connectivity index (χ3v) is 6.75. The molecule has 1 aliphatic heterocycles. The molecule has 0 spiro atoms. The Morgan fingerprint density at radius 2 is 1.89 bits per heavy atom. The Morgan fingerprint density at radius 3 is 2.58 bits per heavy atom. The lowest BCUT2D eigenvalue weighted by Gasteiger charge is -2.15. The van der Waals surface area contributed by atoms with Crippen LogP contribution in [0.4, 0.5) is 0 Å². The quantitative estimate of drug-likeness (QED) is 0.872. The molecule has 1 atom stereocenters. The summed E-state index contributed by atoms with van der Waals surface area (Å²) < 4.78 is 26.9. The van der Waals surface area contributed by atoms with E-state index in [9.17, 15) is 8.42 Å². The summed E-state index contributed by atoms with van der Waals surface area (Å²) in [7, 11) is -3.28. The molecular weight excluding hydrogens is 278 g/mol. The Balaban J connectivity index is 1.80. The van der Waals surface area contributed by atoms with Gasteiger partial charge in [0.15, 0.2) is 0 Å². The van der Waals surface area contributed by atoms with Crippen LogP contribution in [-0.4, -0.2) is 25.8 Å². The summed E-state index contributed by atoms with van der Waals surface area (Å²) in [6, 6.07) is 13.6. The minimum Gasteiger partial charge on any atom is -0.206 e. The van der Waals surface area contributed by atoms with Crippen LogP contribution in [0.25, 0.3) is 0 Å². The fraction of sp³-hybridized carbons (Fsp3) is 0.286. The molecule has 3 rings (SSSR count). The van der Waals surface area contributed by atoms with Gasteiger partial charge in [-0.05, 0) is 29.3 Å². The molecule has 1 aromatic carbocycles. The van der Waals surface area contributed by atoms with Gasteiger partial charge in [0.1, 0.15) is 4.21 Å². The van der Waals surface area contributed by atoms with Crippen LogP contribution in [0, 0.1) is 0 Å². The zero-order valence-corrected chi connectivity index (χ0v) is 12.0. The maximum Gasteiger partial charge on any atom is 0.252 e. The van der Waals surface area contributed by atoms with Crippen molar-refractivity contribution < 1.29 is 8.42 Å². The SMILES string of the molecule is O=S(=O)(c1cccs1)N1CC[C@@H](c2ccccc2)C1. The topological polar surface area (TPSA) is 37.4 Å². The molecule has 1 fully saturated rings. The van der Waals surface area contributed by atoms with Crippen molar-refractivity contribution in [3.05, 3.63) is 53.4 Å². The van der Waals surface area contributed by atoms with Gasteiger partial charge < -0.3 is 0 Å². The number of thiophene rings is 1. The van der Waals surface area contributed by atoms with Crippen molar-refractivity contribution in [3.8, 4) is 0 Å². The van der Waals surface area contributed by atoms with Crippen LogP contribution in [0.15, 0.2) is 52.1 Å². The predicted molar refractivity (Wildman–Crippen MR) is 76.9 cm³/mol. The molecule has 0 aliphatic carbocycles. The van der Waals surface area contributed by atoms with Gasteiger partial charge in [0.2, 0.25) is 0 Å². The molecule has 1 aromatic heterocycles. The predicted octanol–water partition coefficient (Wildman–Crippen LogP) is 2.93. The molecule has 1 saturated heterocycles. The largest absolute Gasteiger partial charge is 0.252 e. The molecule has 0 saturated carbocycles. The maximum absolute atomic E-state index is 12.4. The Bertz CT molecular complexity index is 635. The number of rotatable bonds is 3. The van der Waals surface area contributed by atoms with Gasteiger partial charge in [0.05, 0.1) is 0 Å². The second-order valence-corrected chi connectivity index (χ2v) is 7.80. The van der Waals surface area contributed by atoms with Crippen LogP contribution in [0.1, 0.15) is 17.9 Å². The van der Waals surface area contributed by atoms with E-state index in [1.54, 1.807) is 21.8 Å². The average molecular weight is 293 g/mol. The van der Waals surface area contributed by atoms with E-state index in [-0.39, 0.29) is 0 Å². The number of nitrogens with zero attached hydrogens (tertiary/aromatic N) is 1. The molecule has 2 aromatic rings. The van der Waals surface area contributed by atoms with E-state index < -0.39 is 10.0 Å². The number of hydrogen-bond donors (Lipinski definition) is 0. The Kier molecular flexibility index (Phi) is 3.43. The molecule has 0 N–H and O–H groups in total. The number of benzene rings is 1. The van der Waals surface area contributed by atoms with Gasteiger partial charge >= 0.3 is 0 Å². The highest BCUT2D eigenvalue weighted by Crippen LogP contribution is 2.31. The van der Waals surface area contributed by atoms with Crippen molar-refractivity contribution >= 4 is 21.4 Å². The van der Waals surface area contributed by atoms with E-state index in [1.165, 1.54) is 16.9 Å². The van der Waals surface area contributed by atoms with Gasteiger partial charge in [-0.25, -0.2) is 8.42 Å². The highest BCUT2D eigenvalue weighted by Gasteiger charge is 2.33. The maximum atomic E-state index is 12.4. The van der Waals surface area contributed by atoms with Crippen molar-refractivity contribution in [1.82, 2.24) is 4.31 Å². The summed E-state index contributed by atoms with van der Waals surface area (Å²) >= 11 is 1.28.